The summed E-state index contributed by atoms with van der Waals surface area (Å²) in [7, 11) is 4.42. The molecule has 3 aromatic heterocycles. The Kier molecular flexibility index (Phi) is 13.6. The van der Waals surface area contributed by atoms with E-state index in [1.54, 1.807) is 0 Å². The zero-order valence-electron chi connectivity index (χ0n) is 18.3. The van der Waals surface area contributed by atoms with Gasteiger partial charge < -0.3 is 31.3 Å². The van der Waals surface area contributed by atoms with E-state index in [4.69, 9.17) is 0 Å². The van der Waals surface area contributed by atoms with Crippen LogP contribution in [0.3, 0.4) is 0 Å². The molecule has 0 aromatic carbocycles. The van der Waals surface area contributed by atoms with Crippen LogP contribution in [-0.2, 0) is 17.1 Å². The van der Waals surface area contributed by atoms with Crippen LogP contribution in [0.1, 0.15) is 31.1 Å². The largest absolute Gasteiger partial charge is 3.00 e. The molecular weight excluding hydrogens is 488 g/mol. The smallest absolute Gasteiger partial charge is 0.871 e. The molecule has 34 heavy (non-hydrogen) atoms. The van der Waals surface area contributed by atoms with Crippen molar-refractivity contribution in [2.45, 2.75) is 0 Å². The fourth-order valence-electron chi connectivity index (χ4n) is 2.11. The van der Waals surface area contributed by atoms with Gasteiger partial charge in [-0.25, -0.2) is 0 Å². The van der Waals surface area contributed by atoms with Crippen molar-refractivity contribution in [2.75, 3.05) is 21.1 Å². The summed E-state index contributed by atoms with van der Waals surface area (Å²) in [6.07, 6.45) is 7.57. The Morgan fingerprint density at radius 3 is 1.00 bits per heavy atom. The number of carbonyl (C=O) groups is 3. The van der Waals surface area contributed by atoms with E-state index in [9.17, 15) is 29.7 Å². The first-order chi connectivity index (χ1) is 15.8. The summed E-state index contributed by atoms with van der Waals surface area (Å²) in [5.41, 5.74) is 0.382. The molecule has 179 valence electrons. The normalized spacial score (nSPS) is 8.91. The summed E-state index contributed by atoms with van der Waals surface area (Å²) in [4.78, 5) is 43.4. The van der Waals surface area contributed by atoms with Crippen molar-refractivity contribution in [1.29, 1.82) is 0 Å². The summed E-state index contributed by atoms with van der Waals surface area (Å²) < 4.78 is 0. The van der Waals surface area contributed by atoms with Crippen LogP contribution in [0.25, 0.3) is 0 Å². The molecule has 13 heteroatoms. The maximum absolute atomic E-state index is 10.9. The maximum Gasteiger partial charge on any atom is 3.00 e. The van der Waals surface area contributed by atoms with Crippen LogP contribution < -0.4 is 31.3 Å². The Labute approximate surface area is 206 Å². The molecule has 3 N–H and O–H groups in total. The molecule has 1 radical (unpaired) electrons. The van der Waals surface area contributed by atoms with E-state index in [0.29, 0.717) is 0 Å². The van der Waals surface area contributed by atoms with Gasteiger partial charge in [0.25, 0.3) is 17.7 Å². The number of pyridine rings is 3. The predicted molar refractivity (Wildman–Crippen MR) is 111 cm³/mol. The zero-order chi connectivity index (χ0) is 24.8. The molecule has 0 aliphatic carbocycles. The van der Waals surface area contributed by atoms with Gasteiger partial charge in [0.05, 0.1) is 0 Å². The maximum atomic E-state index is 10.9. The summed E-state index contributed by atoms with van der Waals surface area (Å²) in [5.74, 6) is -2.20. The van der Waals surface area contributed by atoms with Crippen molar-refractivity contribution in [2.24, 2.45) is 0 Å². The molecule has 0 unspecified atom stereocenters. The summed E-state index contributed by atoms with van der Waals surface area (Å²) in [5, 5.41) is 39.8. The van der Waals surface area contributed by atoms with E-state index in [0.717, 1.165) is 18.6 Å². The molecular formula is C21H21FeN6O6. The fourth-order valence-corrected chi connectivity index (χ4v) is 2.11. The average Bonchev–Trinajstić information content (AvgIpc) is 2.84. The van der Waals surface area contributed by atoms with E-state index < -0.39 is 0 Å². The molecule has 12 nitrogen and oxygen atoms in total. The van der Waals surface area contributed by atoms with Gasteiger partial charge in [-0.15, -0.1) is 0 Å². The minimum atomic E-state index is -0.377. The van der Waals surface area contributed by atoms with Crippen LogP contribution in [0.4, 0.5) is 0 Å². The molecule has 3 rings (SSSR count). The molecule has 3 heterocycles. The molecule has 0 aliphatic heterocycles. The van der Waals surface area contributed by atoms with Gasteiger partial charge in [-0.1, -0.05) is 17.2 Å². The van der Waals surface area contributed by atoms with Crippen molar-refractivity contribution in [3.05, 3.63) is 72.1 Å². The molecule has 0 aliphatic rings. The second-order valence-corrected chi connectivity index (χ2v) is 5.85. The Balaban J connectivity index is 0.000000473. The SMILES string of the molecule is CNC(=O)c1ccncc1[O-].CNC(=O)c1ccncc1[O-].CNC(=O)c1ccncc1[O-].[Fe+3]. The van der Waals surface area contributed by atoms with E-state index >= 15 is 0 Å². The molecule has 3 amide bonds. The number of carbonyl (C=O) groups excluding carboxylic acids is 3. The molecule has 0 saturated heterocycles. The van der Waals surface area contributed by atoms with E-state index in [-0.39, 0.29) is 68.7 Å². The van der Waals surface area contributed by atoms with Crippen LogP contribution in [0.5, 0.6) is 17.2 Å². The number of hydrogen-bond donors (Lipinski definition) is 3. The van der Waals surface area contributed by atoms with Crippen LogP contribution >= 0.6 is 0 Å². The Bertz CT molecular complexity index is 962. The topological polar surface area (TPSA) is 195 Å². The zero-order valence-corrected chi connectivity index (χ0v) is 19.4. The van der Waals surface area contributed by atoms with Gasteiger partial charge >= 0.3 is 17.1 Å². The van der Waals surface area contributed by atoms with Crippen LogP contribution in [0, 0.1) is 0 Å². The van der Waals surface area contributed by atoms with Gasteiger partial charge in [0, 0.05) is 75.0 Å². The molecule has 0 atom stereocenters. The van der Waals surface area contributed by atoms with Gasteiger partial charge in [0.1, 0.15) is 0 Å². The third-order valence-electron chi connectivity index (χ3n) is 3.77. The monoisotopic (exact) mass is 509 g/mol. The second kappa shape index (κ2) is 15.6. The summed E-state index contributed by atoms with van der Waals surface area (Å²) in [6, 6.07) is 4.17. The Hall–Kier alpha value is -4.22. The average molecular weight is 509 g/mol. The first kappa shape index (κ1) is 29.8. The van der Waals surface area contributed by atoms with Crippen molar-refractivity contribution in [1.82, 2.24) is 30.9 Å². The second-order valence-electron chi connectivity index (χ2n) is 5.85. The third-order valence-corrected chi connectivity index (χ3v) is 3.77. The van der Waals surface area contributed by atoms with Crippen molar-refractivity contribution in [3.63, 3.8) is 0 Å². The molecule has 0 fully saturated rings. The van der Waals surface area contributed by atoms with Gasteiger partial charge in [0.2, 0.25) is 0 Å². The van der Waals surface area contributed by atoms with Gasteiger partial charge in [-0.2, -0.15) is 0 Å². The van der Waals surface area contributed by atoms with Gasteiger partial charge in [-0.3, -0.25) is 29.3 Å². The number of nitrogens with one attached hydrogen (secondary N) is 3. The Morgan fingerprint density at radius 1 is 0.588 bits per heavy atom. The van der Waals surface area contributed by atoms with Crippen LogP contribution in [-0.4, -0.2) is 53.8 Å². The van der Waals surface area contributed by atoms with Crippen molar-refractivity contribution in [3.8, 4) is 17.2 Å². The van der Waals surface area contributed by atoms with Crippen molar-refractivity contribution < 1.29 is 46.8 Å². The van der Waals surface area contributed by atoms with E-state index in [2.05, 4.69) is 30.9 Å². The van der Waals surface area contributed by atoms with Crippen LogP contribution in [0.2, 0.25) is 0 Å². The molecule has 0 spiro atoms. The first-order valence-electron chi connectivity index (χ1n) is 9.26. The molecule has 3 aromatic rings. The van der Waals surface area contributed by atoms with E-state index in [1.807, 2.05) is 0 Å². The number of amides is 3. The number of nitrogens with zero attached hydrogens (tertiary/aromatic N) is 3. The van der Waals surface area contributed by atoms with Gasteiger partial charge in [0.15, 0.2) is 0 Å². The third kappa shape index (κ3) is 9.10. The predicted octanol–water partition coefficient (Wildman–Crippen LogP) is -1.46. The first-order valence-corrected chi connectivity index (χ1v) is 9.26. The summed E-state index contributed by atoms with van der Waals surface area (Å²) in [6.45, 7) is 0. The fraction of sp³-hybridized carbons (Fsp3) is 0.143. The van der Waals surface area contributed by atoms with Crippen LogP contribution in [0.15, 0.2) is 55.4 Å². The number of hydrogen-bond acceptors (Lipinski definition) is 9. The Morgan fingerprint density at radius 2 is 0.824 bits per heavy atom. The molecule has 0 saturated carbocycles. The number of rotatable bonds is 3. The number of aromatic nitrogens is 3. The van der Waals surface area contributed by atoms with E-state index in [1.165, 1.54) is 57.9 Å². The minimum absolute atomic E-state index is 0. The van der Waals surface area contributed by atoms with Gasteiger partial charge in [-0.05, 0) is 18.2 Å². The summed E-state index contributed by atoms with van der Waals surface area (Å²) >= 11 is 0. The molecule has 0 bridgehead atoms. The quantitative estimate of drug-likeness (QED) is 0.354. The van der Waals surface area contributed by atoms with Crippen molar-refractivity contribution >= 4 is 17.7 Å². The minimum Gasteiger partial charge on any atom is -0.871 e. The standard InChI is InChI=1S/3C7H8N2O2.Fe/c3*1-8-7(11)5-2-3-9-4-6(5)10;/h3*2-4,10H,1H3,(H,8,11);/q;;;+3/p-3.